The van der Waals surface area contributed by atoms with Gasteiger partial charge in [0.05, 0.1) is 24.5 Å². The highest BCUT2D eigenvalue weighted by molar-refractivity contribution is 7.80. The Bertz CT molecular complexity index is 362. The van der Waals surface area contributed by atoms with Crippen molar-refractivity contribution in [1.82, 2.24) is 10.3 Å². The molecule has 94 valence electrons. The van der Waals surface area contributed by atoms with Gasteiger partial charge in [-0.05, 0) is 29.8 Å². The summed E-state index contributed by atoms with van der Waals surface area (Å²) in [6, 6.07) is 3.63. The van der Waals surface area contributed by atoms with Crippen molar-refractivity contribution in [3.8, 4) is 0 Å². The lowest BCUT2D eigenvalue weighted by Crippen LogP contribution is -2.47. The molecule has 3 N–H and O–H groups in total. The summed E-state index contributed by atoms with van der Waals surface area (Å²) in [5.41, 5.74) is 0.769. The summed E-state index contributed by atoms with van der Waals surface area (Å²) >= 11 is 5.19. The highest BCUT2D eigenvalue weighted by Crippen LogP contribution is 2.18. The first-order valence-electron chi connectivity index (χ1n) is 5.52. The summed E-state index contributed by atoms with van der Waals surface area (Å²) in [7, 11) is 0. The van der Waals surface area contributed by atoms with Crippen molar-refractivity contribution < 1.29 is 5.11 Å². The SMILES string of the molecule is CC(C)(C)[C@H](CO)NC(=S)Nc1cccnc1. The van der Waals surface area contributed by atoms with Gasteiger partial charge in [0.2, 0.25) is 0 Å². The minimum absolute atomic E-state index is 0.0400. The number of aliphatic hydroxyl groups excluding tert-OH is 1. The van der Waals surface area contributed by atoms with Crippen LogP contribution in [0.25, 0.3) is 0 Å². The molecular formula is C12H19N3OS. The fraction of sp³-hybridized carbons (Fsp3) is 0.500. The van der Waals surface area contributed by atoms with E-state index >= 15 is 0 Å². The Morgan fingerprint density at radius 1 is 1.53 bits per heavy atom. The van der Waals surface area contributed by atoms with E-state index in [1.54, 1.807) is 12.4 Å². The smallest absolute Gasteiger partial charge is 0.171 e. The van der Waals surface area contributed by atoms with E-state index in [4.69, 9.17) is 12.2 Å². The van der Waals surface area contributed by atoms with Crippen molar-refractivity contribution in [3.63, 3.8) is 0 Å². The lowest BCUT2D eigenvalue weighted by Gasteiger charge is -2.30. The number of aliphatic hydroxyl groups is 1. The van der Waals surface area contributed by atoms with Gasteiger partial charge in [0.15, 0.2) is 5.11 Å². The minimum atomic E-state index is -0.0841. The molecule has 0 unspecified atom stereocenters. The average Bonchev–Trinajstić information content (AvgIpc) is 2.25. The number of hydrogen-bond acceptors (Lipinski definition) is 3. The first-order chi connectivity index (χ1) is 7.93. The molecule has 0 aliphatic rings. The monoisotopic (exact) mass is 253 g/mol. The molecular weight excluding hydrogens is 234 g/mol. The maximum atomic E-state index is 9.31. The van der Waals surface area contributed by atoms with Gasteiger partial charge in [-0.3, -0.25) is 4.98 Å². The van der Waals surface area contributed by atoms with Gasteiger partial charge in [-0.25, -0.2) is 0 Å². The second kappa shape index (κ2) is 5.93. The molecule has 5 heteroatoms. The average molecular weight is 253 g/mol. The highest BCUT2D eigenvalue weighted by atomic mass is 32.1. The van der Waals surface area contributed by atoms with E-state index in [1.807, 2.05) is 32.9 Å². The van der Waals surface area contributed by atoms with Crippen molar-refractivity contribution in [1.29, 1.82) is 0 Å². The van der Waals surface area contributed by atoms with Crippen LogP contribution in [0, 0.1) is 5.41 Å². The third-order valence-corrected chi connectivity index (χ3v) is 2.67. The van der Waals surface area contributed by atoms with Crippen molar-refractivity contribution in [3.05, 3.63) is 24.5 Å². The minimum Gasteiger partial charge on any atom is -0.394 e. The highest BCUT2D eigenvalue weighted by Gasteiger charge is 2.24. The lowest BCUT2D eigenvalue weighted by atomic mass is 9.87. The number of anilines is 1. The topological polar surface area (TPSA) is 57.2 Å². The molecule has 0 aromatic carbocycles. The van der Waals surface area contributed by atoms with E-state index in [-0.39, 0.29) is 18.1 Å². The number of thiocarbonyl (C=S) groups is 1. The molecule has 0 aliphatic heterocycles. The number of rotatable bonds is 3. The van der Waals surface area contributed by atoms with Crippen LogP contribution in [0.4, 0.5) is 5.69 Å². The zero-order valence-electron chi connectivity index (χ0n) is 10.4. The Morgan fingerprint density at radius 2 is 2.24 bits per heavy atom. The fourth-order valence-electron chi connectivity index (χ4n) is 1.30. The fourth-order valence-corrected chi connectivity index (χ4v) is 1.56. The van der Waals surface area contributed by atoms with Gasteiger partial charge in [0, 0.05) is 6.20 Å². The number of aromatic nitrogens is 1. The summed E-state index contributed by atoms with van der Waals surface area (Å²) < 4.78 is 0. The Labute approximate surface area is 107 Å². The Hall–Kier alpha value is -1.20. The quantitative estimate of drug-likeness (QED) is 0.717. The van der Waals surface area contributed by atoms with Gasteiger partial charge in [-0.15, -0.1) is 0 Å². The molecule has 0 spiro atoms. The Balaban J connectivity index is 2.55. The number of pyridine rings is 1. The molecule has 17 heavy (non-hydrogen) atoms. The molecule has 0 saturated carbocycles. The Morgan fingerprint density at radius 3 is 2.71 bits per heavy atom. The molecule has 0 saturated heterocycles. The zero-order valence-corrected chi connectivity index (χ0v) is 11.2. The normalized spacial score (nSPS) is 12.9. The standard InChI is InChI=1S/C12H19N3OS/c1-12(2,3)10(8-16)15-11(17)14-9-5-4-6-13-7-9/h4-7,10,16H,8H2,1-3H3,(H2,14,15,17)/t10-/m0/s1. The molecule has 1 rings (SSSR count). The molecule has 1 aromatic rings. The molecule has 0 aliphatic carbocycles. The van der Waals surface area contributed by atoms with Crippen molar-refractivity contribution in [2.75, 3.05) is 11.9 Å². The van der Waals surface area contributed by atoms with Gasteiger partial charge in [-0.1, -0.05) is 20.8 Å². The molecule has 1 aromatic heterocycles. The number of nitrogens with zero attached hydrogens (tertiary/aromatic N) is 1. The van der Waals surface area contributed by atoms with E-state index in [0.29, 0.717) is 5.11 Å². The van der Waals surface area contributed by atoms with E-state index in [9.17, 15) is 5.11 Å². The molecule has 0 fully saturated rings. The Kier molecular flexibility index (Phi) is 4.84. The van der Waals surface area contributed by atoms with Crippen LogP contribution in [-0.4, -0.2) is 27.9 Å². The summed E-state index contributed by atoms with van der Waals surface area (Å²) in [6.07, 6.45) is 3.40. The molecule has 1 heterocycles. The van der Waals surface area contributed by atoms with Crippen molar-refractivity contribution in [2.45, 2.75) is 26.8 Å². The first kappa shape index (κ1) is 13.9. The lowest BCUT2D eigenvalue weighted by molar-refractivity contribution is 0.175. The van der Waals surface area contributed by atoms with Crippen molar-refractivity contribution >= 4 is 23.0 Å². The van der Waals surface area contributed by atoms with Gasteiger partial charge < -0.3 is 15.7 Å². The maximum absolute atomic E-state index is 9.31. The summed E-state index contributed by atoms with van der Waals surface area (Å²) in [5.74, 6) is 0. The third kappa shape index (κ3) is 4.66. The number of hydrogen-bond donors (Lipinski definition) is 3. The molecule has 4 nitrogen and oxygen atoms in total. The van der Waals surface area contributed by atoms with Crippen LogP contribution in [0.5, 0.6) is 0 Å². The zero-order chi connectivity index (χ0) is 12.9. The van der Waals surface area contributed by atoms with Gasteiger partial charge in [0.25, 0.3) is 0 Å². The van der Waals surface area contributed by atoms with Crippen LogP contribution in [0.2, 0.25) is 0 Å². The van der Waals surface area contributed by atoms with Crippen LogP contribution < -0.4 is 10.6 Å². The van der Waals surface area contributed by atoms with Gasteiger partial charge in [-0.2, -0.15) is 0 Å². The second-order valence-electron chi connectivity index (χ2n) is 4.94. The predicted octanol–water partition coefficient (Wildman–Crippen LogP) is 1.77. The van der Waals surface area contributed by atoms with Crippen LogP contribution in [0.3, 0.4) is 0 Å². The van der Waals surface area contributed by atoms with Crippen LogP contribution in [0.15, 0.2) is 24.5 Å². The largest absolute Gasteiger partial charge is 0.394 e. The summed E-state index contributed by atoms with van der Waals surface area (Å²) in [6.45, 7) is 6.19. The molecule has 0 radical (unpaired) electrons. The van der Waals surface area contributed by atoms with Crippen molar-refractivity contribution in [2.24, 2.45) is 5.41 Å². The third-order valence-electron chi connectivity index (χ3n) is 2.45. The maximum Gasteiger partial charge on any atom is 0.171 e. The number of nitrogens with one attached hydrogen (secondary N) is 2. The van der Waals surface area contributed by atoms with Gasteiger partial charge in [0.1, 0.15) is 0 Å². The van der Waals surface area contributed by atoms with Gasteiger partial charge >= 0.3 is 0 Å². The van der Waals surface area contributed by atoms with Crippen LogP contribution in [0.1, 0.15) is 20.8 Å². The molecule has 1 atom stereocenters. The predicted molar refractivity (Wildman–Crippen MR) is 73.9 cm³/mol. The summed E-state index contributed by atoms with van der Waals surface area (Å²) in [4.78, 5) is 3.99. The van der Waals surface area contributed by atoms with Crippen LogP contribution in [-0.2, 0) is 0 Å². The molecule has 0 bridgehead atoms. The summed E-state index contributed by atoms with van der Waals surface area (Å²) in [5, 5.41) is 15.9. The van der Waals surface area contributed by atoms with E-state index in [1.165, 1.54) is 0 Å². The first-order valence-corrected chi connectivity index (χ1v) is 5.92. The van der Waals surface area contributed by atoms with Crippen LogP contribution >= 0.6 is 12.2 Å². The van der Waals surface area contributed by atoms with E-state index < -0.39 is 0 Å². The molecule has 0 amide bonds. The van der Waals surface area contributed by atoms with E-state index in [2.05, 4.69) is 15.6 Å². The van der Waals surface area contributed by atoms with E-state index in [0.717, 1.165) is 5.69 Å². The second-order valence-corrected chi connectivity index (χ2v) is 5.35.